The molecular formula is C17H22N2O2. The topological polar surface area (TPSA) is 43.8 Å². The van der Waals surface area contributed by atoms with Crippen LogP contribution in [-0.2, 0) is 0 Å². The van der Waals surface area contributed by atoms with Gasteiger partial charge in [0.15, 0.2) is 0 Å². The first kappa shape index (κ1) is 15.6. The molecule has 0 radical (unpaired) electrons. The molecule has 0 atom stereocenters. The SMILES string of the molecule is CN1CCN(C(=O)c2ccc(C#CCO)cc2)CC1(C)C. The van der Waals surface area contributed by atoms with Crippen molar-refractivity contribution in [1.82, 2.24) is 9.80 Å². The molecule has 1 N–H and O–H groups in total. The Bertz CT molecular complexity index is 567. The van der Waals surface area contributed by atoms with Crippen LogP contribution in [0.3, 0.4) is 0 Å². The highest BCUT2D eigenvalue weighted by molar-refractivity contribution is 5.94. The molecule has 2 rings (SSSR count). The second kappa shape index (κ2) is 6.30. The summed E-state index contributed by atoms with van der Waals surface area (Å²) in [5, 5.41) is 8.67. The molecule has 21 heavy (non-hydrogen) atoms. The van der Waals surface area contributed by atoms with E-state index < -0.39 is 0 Å². The zero-order valence-corrected chi connectivity index (χ0v) is 12.9. The van der Waals surface area contributed by atoms with E-state index in [-0.39, 0.29) is 18.1 Å². The van der Waals surface area contributed by atoms with Crippen molar-refractivity contribution in [2.24, 2.45) is 0 Å². The number of rotatable bonds is 1. The number of piperazine rings is 1. The number of carbonyl (C=O) groups is 1. The number of aliphatic hydroxyl groups is 1. The van der Waals surface area contributed by atoms with E-state index in [0.29, 0.717) is 5.56 Å². The van der Waals surface area contributed by atoms with Crippen molar-refractivity contribution in [2.45, 2.75) is 19.4 Å². The first-order valence-electron chi connectivity index (χ1n) is 7.14. The first-order valence-corrected chi connectivity index (χ1v) is 7.14. The maximum atomic E-state index is 12.6. The van der Waals surface area contributed by atoms with E-state index >= 15 is 0 Å². The third kappa shape index (κ3) is 3.63. The number of likely N-dealkylation sites (N-methyl/N-ethyl adjacent to an activating group) is 1. The molecule has 0 aromatic heterocycles. The van der Waals surface area contributed by atoms with Gasteiger partial charge in [0, 0.05) is 36.3 Å². The van der Waals surface area contributed by atoms with Crippen LogP contribution in [0.15, 0.2) is 24.3 Å². The Hall–Kier alpha value is -1.83. The predicted molar refractivity (Wildman–Crippen MR) is 83.0 cm³/mol. The molecule has 0 spiro atoms. The van der Waals surface area contributed by atoms with Crippen LogP contribution in [0.5, 0.6) is 0 Å². The van der Waals surface area contributed by atoms with Gasteiger partial charge < -0.3 is 10.0 Å². The third-order valence-corrected chi connectivity index (χ3v) is 4.05. The van der Waals surface area contributed by atoms with Gasteiger partial charge in [-0.1, -0.05) is 11.8 Å². The molecule has 1 heterocycles. The lowest BCUT2D eigenvalue weighted by Gasteiger charge is -2.45. The van der Waals surface area contributed by atoms with Crippen molar-refractivity contribution >= 4 is 5.91 Å². The lowest BCUT2D eigenvalue weighted by molar-refractivity contribution is 0.0311. The average Bonchev–Trinajstić information content (AvgIpc) is 2.47. The van der Waals surface area contributed by atoms with Crippen molar-refractivity contribution in [1.29, 1.82) is 0 Å². The smallest absolute Gasteiger partial charge is 0.253 e. The van der Waals surface area contributed by atoms with Crippen LogP contribution in [0.1, 0.15) is 29.8 Å². The fourth-order valence-corrected chi connectivity index (χ4v) is 2.43. The monoisotopic (exact) mass is 286 g/mol. The van der Waals surface area contributed by atoms with Gasteiger partial charge in [-0.25, -0.2) is 0 Å². The Morgan fingerprint density at radius 2 is 1.95 bits per heavy atom. The average molecular weight is 286 g/mol. The molecule has 1 saturated heterocycles. The molecule has 0 saturated carbocycles. The number of nitrogens with zero attached hydrogens (tertiary/aromatic N) is 2. The molecule has 4 nitrogen and oxygen atoms in total. The van der Waals surface area contributed by atoms with E-state index in [4.69, 9.17) is 5.11 Å². The van der Waals surface area contributed by atoms with Crippen molar-refractivity contribution in [3.63, 3.8) is 0 Å². The van der Waals surface area contributed by atoms with Crippen molar-refractivity contribution in [3.05, 3.63) is 35.4 Å². The van der Waals surface area contributed by atoms with E-state index in [9.17, 15) is 4.79 Å². The molecule has 1 aromatic rings. The largest absolute Gasteiger partial charge is 0.384 e. The van der Waals surface area contributed by atoms with Gasteiger partial charge in [-0.15, -0.1) is 0 Å². The highest BCUT2D eigenvalue weighted by Crippen LogP contribution is 2.20. The standard InChI is InChI=1S/C17H22N2O2/c1-17(2)13-19(11-10-18(17)3)16(21)15-8-6-14(7-9-15)5-4-12-20/h6-9,20H,10-13H2,1-3H3. The Balaban J connectivity index is 2.10. The zero-order chi connectivity index (χ0) is 15.5. The van der Waals surface area contributed by atoms with Gasteiger partial charge in [-0.3, -0.25) is 9.69 Å². The molecular weight excluding hydrogens is 264 g/mol. The first-order chi connectivity index (χ1) is 9.94. The van der Waals surface area contributed by atoms with Gasteiger partial charge in [-0.2, -0.15) is 0 Å². The van der Waals surface area contributed by atoms with Crippen molar-refractivity contribution in [3.8, 4) is 11.8 Å². The molecule has 112 valence electrons. The molecule has 0 unspecified atom stereocenters. The molecule has 0 aliphatic carbocycles. The van der Waals surface area contributed by atoms with Crippen LogP contribution in [0.2, 0.25) is 0 Å². The summed E-state index contributed by atoms with van der Waals surface area (Å²) in [5.74, 6) is 5.49. The number of carbonyl (C=O) groups excluding carboxylic acids is 1. The van der Waals surface area contributed by atoms with Crippen LogP contribution in [0, 0.1) is 11.8 Å². The number of amides is 1. The second-order valence-electron chi connectivity index (χ2n) is 6.00. The summed E-state index contributed by atoms with van der Waals surface area (Å²) in [7, 11) is 2.09. The van der Waals surface area contributed by atoms with Crippen molar-refractivity contribution in [2.75, 3.05) is 33.3 Å². The maximum Gasteiger partial charge on any atom is 0.253 e. The van der Waals surface area contributed by atoms with Gasteiger partial charge in [0.1, 0.15) is 6.61 Å². The van der Waals surface area contributed by atoms with Crippen LogP contribution in [0.25, 0.3) is 0 Å². The van der Waals surface area contributed by atoms with Crippen LogP contribution in [-0.4, -0.2) is 59.6 Å². The molecule has 1 fully saturated rings. The van der Waals surface area contributed by atoms with Gasteiger partial charge in [0.05, 0.1) is 0 Å². The van der Waals surface area contributed by atoms with E-state index in [1.165, 1.54) is 0 Å². The summed E-state index contributed by atoms with van der Waals surface area (Å²) in [6.07, 6.45) is 0. The quantitative estimate of drug-likeness (QED) is 0.789. The summed E-state index contributed by atoms with van der Waals surface area (Å²) in [5.41, 5.74) is 1.49. The summed E-state index contributed by atoms with van der Waals surface area (Å²) in [4.78, 5) is 16.7. The zero-order valence-electron chi connectivity index (χ0n) is 12.9. The lowest BCUT2D eigenvalue weighted by Crippen LogP contribution is -2.58. The van der Waals surface area contributed by atoms with Gasteiger partial charge >= 0.3 is 0 Å². The molecule has 1 aliphatic rings. The van der Waals surface area contributed by atoms with Crippen LogP contribution >= 0.6 is 0 Å². The number of aliphatic hydroxyl groups excluding tert-OH is 1. The minimum Gasteiger partial charge on any atom is -0.384 e. The van der Waals surface area contributed by atoms with E-state index in [2.05, 4.69) is 37.6 Å². The Morgan fingerprint density at radius 3 is 2.52 bits per heavy atom. The number of hydrogen-bond donors (Lipinski definition) is 1. The summed E-state index contributed by atoms with van der Waals surface area (Å²) < 4.78 is 0. The highest BCUT2D eigenvalue weighted by atomic mass is 16.2. The fraction of sp³-hybridized carbons (Fsp3) is 0.471. The summed E-state index contributed by atoms with van der Waals surface area (Å²) >= 11 is 0. The molecule has 1 aromatic carbocycles. The van der Waals surface area contributed by atoms with Crippen LogP contribution < -0.4 is 0 Å². The minimum absolute atomic E-state index is 0.000449. The minimum atomic E-state index is -0.156. The Labute approximate surface area is 126 Å². The predicted octanol–water partition coefficient (Wildman–Crippen LogP) is 1.20. The third-order valence-electron chi connectivity index (χ3n) is 4.05. The molecule has 0 bridgehead atoms. The van der Waals surface area contributed by atoms with E-state index in [1.807, 2.05) is 17.0 Å². The number of hydrogen-bond acceptors (Lipinski definition) is 3. The Kier molecular flexibility index (Phi) is 4.66. The van der Waals surface area contributed by atoms with Crippen LogP contribution in [0.4, 0.5) is 0 Å². The van der Waals surface area contributed by atoms with E-state index in [1.54, 1.807) is 12.1 Å². The molecule has 1 amide bonds. The van der Waals surface area contributed by atoms with Gasteiger partial charge in [-0.05, 0) is 45.2 Å². The van der Waals surface area contributed by atoms with Crippen molar-refractivity contribution < 1.29 is 9.90 Å². The van der Waals surface area contributed by atoms with E-state index in [0.717, 1.165) is 25.2 Å². The maximum absolute atomic E-state index is 12.6. The fourth-order valence-electron chi connectivity index (χ4n) is 2.43. The second-order valence-corrected chi connectivity index (χ2v) is 6.00. The van der Waals surface area contributed by atoms with Gasteiger partial charge in [0.2, 0.25) is 0 Å². The van der Waals surface area contributed by atoms with Gasteiger partial charge in [0.25, 0.3) is 5.91 Å². The summed E-state index contributed by atoms with van der Waals surface area (Å²) in [6, 6.07) is 7.23. The molecule has 4 heteroatoms. The summed E-state index contributed by atoms with van der Waals surface area (Å²) in [6.45, 7) is 6.52. The number of benzene rings is 1. The molecule has 1 aliphatic heterocycles. The lowest BCUT2D eigenvalue weighted by atomic mass is 9.99. The Morgan fingerprint density at radius 1 is 1.29 bits per heavy atom. The normalized spacial score (nSPS) is 18.0. The highest BCUT2D eigenvalue weighted by Gasteiger charge is 2.33.